The summed E-state index contributed by atoms with van der Waals surface area (Å²) in [5.74, 6) is 1.44. The topological polar surface area (TPSA) is 73.0 Å². The Kier molecular flexibility index (Phi) is 4.01. The zero-order chi connectivity index (χ0) is 14.8. The Morgan fingerprint density at radius 3 is 3.00 bits per heavy atom. The first kappa shape index (κ1) is 14.2. The standard InChI is InChI=1S/C14H18N4O2S/c1-3-18-12(11-5-4-8-20-11)16-17-14(18)21-9(2)13(19)15-10-6-7-10/h4-5,8-10H,3,6-7H2,1-2H3,(H,15,19). The Balaban J connectivity index is 1.74. The van der Waals surface area contributed by atoms with Crippen LogP contribution in [-0.2, 0) is 11.3 Å². The molecule has 1 atom stereocenters. The van der Waals surface area contributed by atoms with Crippen molar-refractivity contribution in [2.75, 3.05) is 0 Å². The van der Waals surface area contributed by atoms with Gasteiger partial charge in [0.1, 0.15) is 0 Å². The first-order valence-corrected chi connectivity index (χ1v) is 8.01. The maximum absolute atomic E-state index is 12.0. The molecule has 0 radical (unpaired) electrons. The van der Waals surface area contributed by atoms with Crippen LogP contribution in [0.1, 0.15) is 26.7 Å². The van der Waals surface area contributed by atoms with E-state index in [1.165, 1.54) is 11.8 Å². The van der Waals surface area contributed by atoms with E-state index < -0.39 is 0 Å². The van der Waals surface area contributed by atoms with Gasteiger partial charge in [0.15, 0.2) is 16.7 Å². The fraction of sp³-hybridized carbons (Fsp3) is 0.500. The van der Waals surface area contributed by atoms with E-state index in [2.05, 4.69) is 15.5 Å². The first-order chi connectivity index (χ1) is 10.2. The number of hydrogen-bond acceptors (Lipinski definition) is 5. The van der Waals surface area contributed by atoms with Crippen LogP contribution < -0.4 is 5.32 Å². The normalized spacial score (nSPS) is 15.9. The molecule has 1 aliphatic carbocycles. The molecular formula is C14H18N4O2S. The number of amides is 1. The number of rotatable bonds is 6. The van der Waals surface area contributed by atoms with Gasteiger partial charge in [0.05, 0.1) is 11.5 Å². The van der Waals surface area contributed by atoms with Gasteiger partial charge >= 0.3 is 0 Å². The van der Waals surface area contributed by atoms with Gasteiger partial charge in [-0.2, -0.15) is 0 Å². The maximum Gasteiger partial charge on any atom is 0.233 e. The lowest BCUT2D eigenvalue weighted by atomic mass is 10.4. The fourth-order valence-electron chi connectivity index (χ4n) is 2.01. The highest BCUT2D eigenvalue weighted by atomic mass is 32.2. The number of nitrogens with zero attached hydrogens (tertiary/aromatic N) is 3. The Bertz CT molecular complexity index is 619. The van der Waals surface area contributed by atoms with Crippen molar-refractivity contribution in [3.8, 4) is 11.6 Å². The van der Waals surface area contributed by atoms with E-state index in [9.17, 15) is 4.79 Å². The van der Waals surface area contributed by atoms with E-state index in [0.29, 0.717) is 17.6 Å². The summed E-state index contributed by atoms with van der Waals surface area (Å²) < 4.78 is 7.34. The van der Waals surface area contributed by atoms with Crippen molar-refractivity contribution in [2.45, 2.75) is 49.7 Å². The third-order valence-electron chi connectivity index (χ3n) is 3.35. The minimum atomic E-state index is -0.190. The number of aromatic nitrogens is 3. The molecule has 6 nitrogen and oxygen atoms in total. The quantitative estimate of drug-likeness (QED) is 0.829. The van der Waals surface area contributed by atoms with E-state index in [0.717, 1.165) is 24.5 Å². The smallest absolute Gasteiger partial charge is 0.233 e. The summed E-state index contributed by atoms with van der Waals surface area (Å²) in [6, 6.07) is 4.06. The van der Waals surface area contributed by atoms with Gasteiger partial charge in [0.25, 0.3) is 0 Å². The van der Waals surface area contributed by atoms with Crippen molar-refractivity contribution >= 4 is 17.7 Å². The van der Waals surface area contributed by atoms with E-state index >= 15 is 0 Å². The van der Waals surface area contributed by atoms with Crippen LogP contribution in [-0.4, -0.2) is 32.0 Å². The molecule has 0 spiro atoms. The number of thioether (sulfide) groups is 1. The van der Waals surface area contributed by atoms with E-state index in [1.54, 1.807) is 6.26 Å². The molecule has 1 saturated carbocycles. The van der Waals surface area contributed by atoms with Gasteiger partial charge in [-0.25, -0.2) is 0 Å². The Morgan fingerprint density at radius 1 is 1.57 bits per heavy atom. The third kappa shape index (κ3) is 3.12. The zero-order valence-electron chi connectivity index (χ0n) is 12.1. The van der Waals surface area contributed by atoms with Gasteiger partial charge in [0.2, 0.25) is 5.91 Å². The van der Waals surface area contributed by atoms with Crippen LogP contribution in [0.25, 0.3) is 11.6 Å². The predicted octanol–water partition coefficient (Wildman–Crippen LogP) is 2.32. The molecule has 1 amide bonds. The second-order valence-electron chi connectivity index (χ2n) is 5.07. The van der Waals surface area contributed by atoms with Crippen LogP contribution in [0.5, 0.6) is 0 Å². The van der Waals surface area contributed by atoms with E-state index in [1.807, 2.05) is 30.5 Å². The van der Waals surface area contributed by atoms with Crippen molar-refractivity contribution in [1.82, 2.24) is 20.1 Å². The lowest BCUT2D eigenvalue weighted by Crippen LogP contribution is -2.32. The highest BCUT2D eigenvalue weighted by molar-refractivity contribution is 8.00. The van der Waals surface area contributed by atoms with Gasteiger partial charge < -0.3 is 9.73 Å². The summed E-state index contributed by atoms with van der Waals surface area (Å²) >= 11 is 1.43. The van der Waals surface area contributed by atoms with Gasteiger partial charge in [-0.15, -0.1) is 10.2 Å². The molecule has 112 valence electrons. The second kappa shape index (κ2) is 5.93. The molecule has 2 aromatic heterocycles. The summed E-state index contributed by atoms with van der Waals surface area (Å²) in [7, 11) is 0. The number of hydrogen-bond donors (Lipinski definition) is 1. The van der Waals surface area contributed by atoms with E-state index in [-0.39, 0.29) is 11.2 Å². The van der Waals surface area contributed by atoms with Crippen LogP contribution >= 0.6 is 11.8 Å². The lowest BCUT2D eigenvalue weighted by Gasteiger charge is -2.11. The van der Waals surface area contributed by atoms with Crippen molar-refractivity contribution in [3.63, 3.8) is 0 Å². The highest BCUT2D eigenvalue weighted by Crippen LogP contribution is 2.27. The van der Waals surface area contributed by atoms with Gasteiger partial charge in [-0.1, -0.05) is 11.8 Å². The minimum Gasteiger partial charge on any atom is -0.461 e. The van der Waals surface area contributed by atoms with Crippen LogP contribution in [0.2, 0.25) is 0 Å². The monoisotopic (exact) mass is 306 g/mol. The molecule has 7 heteroatoms. The van der Waals surface area contributed by atoms with Crippen molar-refractivity contribution in [1.29, 1.82) is 0 Å². The molecule has 0 aromatic carbocycles. The van der Waals surface area contributed by atoms with Gasteiger partial charge in [-0.05, 0) is 38.8 Å². The summed E-state index contributed by atoms with van der Waals surface area (Å²) in [6.45, 7) is 4.64. The molecular weight excluding hydrogens is 288 g/mol. The highest BCUT2D eigenvalue weighted by Gasteiger charge is 2.27. The SMILES string of the molecule is CCn1c(SC(C)C(=O)NC2CC2)nnc1-c1ccco1. The Labute approximate surface area is 127 Å². The minimum absolute atomic E-state index is 0.0627. The third-order valence-corrected chi connectivity index (χ3v) is 4.43. The summed E-state index contributed by atoms with van der Waals surface area (Å²) in [4.78, 5) is 12.0. The molecule has 1 aliphatic rings. The Morgan fingerprint density at radius 2 is 2.38 bits per heavy atom. The molecule has 3 rings (SSSR count). The van der Waals surface area contributed by atoms with E-state index in [4.69, 9.17) is 4.42 Å². The van der Waals surface area contributed by atoms with Crippen LogP contribution in [0, 0.1) is 0 Å². The number of carbonyl (C=O) groups excluding carboxylic acids is 1. The average molecular weight is 306 g/mol. The van der Waals surface area contributed by atoms with Gasteiger partial charge in [-0.3, -0.25) is 9.36 Å². The maximum atomic E-state index is 12.0. The predicted molar refractivity (Wildman–Crippen MR) is 79.9 cm³/mol. The second-order valence-corrected chi connectivity index (χ2v) is 6.38. The molecule has 1 fully saturated rings. The van der Waals surface area contributed by atoms with Crippen LogP contribution in [0.3, 0.4) is 0 Å². The molecule has 2 aromatic rings. The van der Waals surface area contributed by atoms with Crippen molar-refractivity contribution < 1.29 is 9.21 Å². The summed E-state index contributed by atoms with van der Waals surface area (Å²) in [5, 5.41) is 11.9. The number of nitrogens with one attached hydrogen (secondary N) is 1. The fourth-order valence-corrected chi connectivity index (χ4v) is 2.93. The molecule has 0 aliphatic heterocycles. The molecule has 21 heavy (non-hydrogen) atoms. The number of carbonyl (C=O) groups is 1. The largest absolute Gasteiger partial charge is 0.461 e. The average Bonchev–Trinajstić information content (AvgIpc) is 2.99. The van der Waals surface area contributed by atoms with Crippen LogP contribution in [0.4, 0.5) is 0 Å². The first-order valence-electron chi connectivity index (χ1n) is 7.13. The Hall–Kier alpha value is -1.76. The molecule has 1 N–H and O–H groups in total. The van der Waals surface area contributed by atoms with Crippen molar-refractivity contribution in [3.05, 3.63) is 18.4 Å². The summed E-state index contributed by atoms with van der Waals surface area (Å²) in [6.07, 6.45) is 3.80. The van der Waals surface area contributed by atoms with Crippen molar-refractivity contribution in [2.24, 2.45) is 0 Å². The van der Waals surface area contributed by atoms with Crippen LogP contribution in [0.15, 0.2) is 28.0 Å². The number of furan rings is 1. The molecule has 0 bridgehead atoms. The van der Waals surface area contributed by atoms with Gasteiger partial charge in [0, 0.05) is 12.6 Å². The molecule has 0 saturated heterocycles. The molecule has 2 heterocycles. The lowest BCUT2D eigenvalue weighted by molar-refractivity contribution is -0.120. The summed E-state index contributed by atoms with van der Waals surface area (Å²) in [5.41, 5.74) is 0. The zero-order valence-corrected chi connectivity index (χ0v) is 12.9. The molecule has 1 unspecified atom stereocenters.